The van der Waals surface area contributed by atoms with Crippen molar-refractivity contribution >= 4 is 12.1 Å². The average Bonchev–Trinajstić information content (AvgIpc) is 2.39. The van der Waals surface area contributed by atoms with Gasteiger partial charge < -0.3 is 15.1 Å². The van der Waals surface area contributed by atoms with Crippen molar-refractivity contribution in [2.24, 2.45) is 5.92 Å². The zero-order valence-corrected chi connectivity index (χ0v) is 9.82. The fraction of sp³-hybridized carbons (Fsp3) is 0.385. The van der Waals surface area contributed by atoms with Gasteiger partial charge in [0.2, 0.25) is 0 Å². The maximum absolute atomic E-state index is 11.2. The molecular formula is C13H15NO4. The molecule has 18 heavy (non-hydrogen) atoms. The first-order valence-corrected chi connectivity index (χ1v) is 5.87. The van der Waals surface area contributed by atoms with Crippen LogP contribution < -0.4 is 0 Å². The lowest BCUT2D eigenvalue weighted by molar-refractivity contribution is -0.143. The fourth-order valence-corrected chi connectivity index (χ4v) is 2.41. The van der Waals surface area contributed by atoms with Crippen molar-refractivity contribution in [3.8, 4) is 0 Å². The van der Waals surface area contributed by atoms with Gasteiger partial charge in [0.1, 0.15) is 0 Å². The third kappa shape index (κ3) is 2.45. The van der Waals surface area contributed by atoms with E-state index in [2.05, 4.69) is 0 Å². The van der Waals surface area contributed by atoms with E-state index in [-0.39, 0.29) is 12.6 Å². The van der Waals surface area contributed by atoms with E-state index >= 15 is 0 Å². The topological polar surface area (TPSA) is 77.8 Å². The molecule has 5 heteroatoms. The Morgan fingerprint density at radius 2 is 1.78 bits per heavy atom. The summed E-state index contributed by atoms with van der Waals surface area (Å²) in [7, 11) is 0. The van der Waals surface area contributed by atoms with Crippen LogP contribution in [0, 0.1) is 5.92 Å². The summed E-state index contributed by atoms with van der Waals surface area (Å²) in [6, 6.07) is 9.11. The van der Waals surface area contributed by atoms with E-state index in [0.29, 0.717) is 12.8 Å². The van der Waals surface area contributed by atoms with E-state index in [0.717, 1.165) is 5.56 Å². The van der Waals surface area contributed by atoms with Crippen molar-refractivity contribution in [3.05, 3.63) is 35.9 Å². The molecule has 1 aliphatic heterocycles. The second-order valence-corrected chi connectivity index (χ2v) is 4.47. The van der Waals surface area contributed by atoms with Crippen molar-refractivity contribution in [2.45, 2.75) is 18.9 Å². The molecule has 0 spiro atoms. The highest BCUT2D eigenvalue weighted by Gasteiger charge is 2.35. The number of likely N-dealkylation sites (tertiary alicyclic amines) is 1. The third-order valence-electron chi connectivity index (χ3n) is 3.36. The number of hydrogen-bond donors (Lipinski definition) is 2. The number of nitrogens with zero attached hydrogens (tertiary/aromatic N) is 1. The summed E-state index contributed by atoms with van der Waals surface area (Å²) in [6.45, 7) is 0.0597. The zero-order valence-electron chi connectivity index (χ0n) is 9.82. The van der Waals surface area contributed by atoms with Gasteiger partial charge in [0, 0.05) is 6.54 Å². The molecule has 1 amide bonds. The SMILES string of the molecule is O=C(O)C1CCC(c2ccccc2)N(C(=O)O)C1. The zero-order chi connectivity index (χ0) is 13.1. The van der Waals surface area contributed by atoms with Gasteiger partial charge in [-0.3, -0.25) is 4.79 Å². The molecule has 1 saturated heterocycles. The van der Waals surface area contributed by atoms with E-state index in [4.69, 9.17) is 5.11 Å². The molecule has 1 fully saturated rings. The molecule has 96 valence electrons. The standard InChI is InChI=1S/C13H15NO4/c15-12(16)10-6-7-11(14(8-10)13(17)18)9-4-2-1-3-5-9/h1-5,10-11H,6-8H2,(H,15,16)(H,17,18). The number of rotatable bonds is 2. The lowest BCUT2D eigenvalue weighted by Crippen LogP contribution is -2.43. The Labute approximate surface area is 105 Å². The van der Waals surface area contributed by atoms with Crippen LogP contribution in [0.5, 0.6) is 0 Å². The number of carboxylic acids is 1. The molecule has 1 aliphatic rings. The van der Waals surface area contributed by atoms with E-state index in [1.54, 1.807) is 0 Å². The van der Waals surface area contributed by atoms with E-state index in [9.17, 15) is 14.7 Å². The van der Waals surface area contributed by atoms with Crippen LogP contribution in [0.2, 0.25) is 0 Å². The Bertz CT molecular complexity index is 446. The molecule has 1 aromatic rings. The van der Waals surface area contributed by atoms with Crippen LogP contribution in [-0.4, -0.2) is 33.7 Å². The molecule has 0 bridgehead atoms. The van der Waals surface area contributed by atoms with Gasteiger partial charge in [0.25, 0.3) is 0 Å². The summed E-state index contributed by atoms with van der Waals surface area (Å²) >= 11 is 0. The normalized spacial score (nSPS) is 23.7. The minimum atomic E-state index is -1.06. The molecule has 1 heterocycles. The van der Waals surface area contributed by atoms with Crippen LogP contribution in [0.25, 0.3) is 0 Å². The molecule has 1 aromatic carbocycles. The quantitative estimate of drug-likeness (QED) is 0.842. The van der Waals surface area contributed by atoms with Crippen molar-refractivity contribution < 1.29 is 19.8 Å². The van der Waals surface area contributed by atoms with Gasteiger partial charge in [0.15, 0.2) is 0 Å². The van der Waals surface area contributed by atoms with Gasteiger partial charge in [-0.15, -0.1) is 0 Å². The molecule has 0 radical (unpaired) electrons. The minimum absolute atomic E-state index is 0.0597. The molecule has 2 N–H and O–H groups in total. The van der Waals surface area contributed by atoms with Crippen LogP contribution in [0.15, 0.2) is 30.3 Å². The molecule has 0 aromatic heterocycles. The van der Waals surface area contributed by atoms with Gasteiger partial charge in [-0.05, 0) is 18.4 Å². The average molecular weight is 249 g/mol. The number of carboxylic acid groups (broad SMARTS) is 2. The largest absolute Gasteiger partial charge is 0.481 e. The monoisotopic (exact) mass is 249 g/mol. The lowest BCUT2D eigenvalue weighted by atomic mass is 9.89. The van der Waals surface area contributed by atoms with Crippen LogP contribution in [0.1, 0.15) is 24.4 Å². The van der Waals surface area contributed by atoms with E-state index in [1.165, 1.54) is 4.90 Å². The number of amides is 1. The summed E-state index contributed by atoms with van der Waals surface area (Å²) in [5, 5.41) is 18.2. The molecule has 5 nitrogen and oxygen atoms in total. The summed E-state index contributed by atoms with van der Waals surface area (Å²) < 4.78 is 0. The summed E-state index contributed by atoms with van der Waals surface area (Å²) in [5.74, 6) is -1.52. The second kappa shape index (κ2) is 5.08. The Kier molecular flexibility index (Phi) is 3.50. The maximum Gasteiger partial charge on any atom is 0.407 e. The van der Waals surface area contributed by atoms with Crippen molar-refractivity contribution in [3.63, 3.8) is 0 Å². The minimum Gasteiger partial charge on any atom is -0.481 e. The second-order valence-electron chi connectivity index (χ2n) is 4.47. The highest BCUT2D eigenvalue weighted by molar-refractivity contribution is 5.72. The Hall–Kier alpha value is -2.04. The number of piperidine rings is 1. The fourth-order valence-electron chi connectivity index (χ4n) is 2.41. The van der Waals surface area contributed by atoms with Gasteiger partial charge in [-0.25, -0.2) is 4.79 Å². The number of hydrogen-bond acceptors (Lipinski definition) is 2. The van der Waals surface area contributed by atoms with Crippen LogP contribution in [0.3, 0.4) is 0 Å². The highest BCUT2D eigenvalue weighted by atomic mass is 16.4. The van der Waals surface area contributed by atoms with Crippen molar-refractivity contribution in [1.82, 2.24) is 4.90 Å². The highest BCUT2D eigenvalue weighted by Crippen LogP contribution is 2.33. The summed E-state index contributed by atoms with van der Waals surface area (Å²) in [5.41, 5.74) is 0.920. The van der Waals surface area contributed by atoms with Crippen LogP contribution >= 0.6 is 0 Å². The predicted molar refractivity (Wildman–Crippen MR) is 64.3 cm³/mol. The van der Waals surface area contributed by atoms with Crippen molar-refractivity contribution in [2.75, 3.05) is 6.54 Å². The molecule has 0 saturated carbocycles. The Morgan fingerprint density at radius 3 is 2.33 bits per heavy atom. The summed E-state index contributed by atoms with van der Waals surface area (Å²) in [4.78, 5) is 23.4. The van der Waals surface area contributed by atoms with E-state index < -0.39 is 18.0 Å². The van der Waals surface area contributed by atoms with E-state index in [1.807, 2.05) is 30.3 Å². The first-order chi connectivity index (χ1) is 8.59. The predicted octanol–water partition coefficient (Wildman–Crippen LogP) is 2.20. The first-order valence-electron chi connectivity index (χ1n) is 5.87. The van der Waals surface area contributed by atoms with Gasteiger partial charge >= 0.3 is 12.1 Å². The Balaban J connectivity index is 2.21. The van der Waals surface area contributed by atoms with Crippen molar-refractivity contribution in [1.29, 1.82) is 0 Å². The van der Waals surface area contributed by atoms with Gasteiger partial charge in [-0.1, -0.05) is 30.3 Å². The molecule has 2 unspecified atom stereocenters. The Morgan fingerprint density at radius 1 is 1.11 bits per heavy atom. The third-order valence-corrected chi connectivity index (χ3v) is 3.36. The number of aliphatic carboxylic acids is 1. The molecule has 2 atom stereocenters. The van der Waals surface area contributed by atoms with Gasteiger partial charge in [-0.2, -0.15) is 0 Å². The van der Waals surface area contributed by atoms with Crippen LogP contribution in [-0.2, 0) is 4.79 Å². The molecule has 2 rings (SSSR count). The molecule has 0 aliphatic carbocycles. The number of benzene rings is 1. The lowest BCUT2D eigenvalue weighted by Gasteiger charge is -2.36. The smallest absolute Gasteiger partial charge is 0.407 e. The maximum atomic E-state index is 11.2. The van der Waals surface area contributed by atoms with Gasteiger partial charge in [0.05, 0.1) is 12.0 Å². The summed E-state index contributed by atoms with van der Waals surface area (Å²) in [6.07, 6.45) is 0.00110. The van der Waals surface area contributed by atoms with Crippen LogP contribution in [0.4, 0.5) is 4.79 Å². The number of carbonyl (C=O) groups is 2. The first kappa shape index (κ1) is 12.4. The molecular weight excluding hydrogens is 234 g/mol.